The van der Waals surface area contributed by atoms with Gasteiger partial charge in [0.25, 0.3) is 5.91 Å². The molecule has 2 N–H and O–H groups in total. The first-order valence-corrected chi connectivity index (χ1v) is 11.6. The second-order valence-corrected chi connectivity index (χ2v) is 8.67. The molecule has 0 fully saturated rings. The zero-order valence-corrected chi connectivity index (χ0v) is 19.9. The summed E-state index contributed by atoms with van der Waals surface area (Å²) in [6.07, 6.45) is 0. The van der Waals surface area contributed by atoms with Crippen molar-refractivity contribution in [1.29, 1.82) is 0 Å². The van der Waals surface area contributed by atoms with E-state index < -0.39 is 0 Å². The van der Waals surface area contributed by atoms with Gasteiger partial charge in [0.2, 0.25) is 5.91 Å². The third kappa shape index (κ3) is 5.56. The maximum atomic E-state index is 12.7. The fraction of sp³-hybridized carbons (Fsp3) is 0.333. The van der Waals surface area contributed by atoms with Crippen LogP contribution in [-0.4, -0.2) is 32.3 Å². The van der Waals surface area contributed by atoms with Crippen molar-refractivity contribution in [1.82, 2.24) is 20.1 Å². The molecule has 32 heavy (non-hydrogen) atoms. The zero-order valence-electron chi connectivity index (χ0n) is 19.1. The molecule has 0 saturated carbocycles. The van der Waals surface area contributed by atoms with Crippen molar-refractivity contribution in [2.24, 2.45) is 0 Å². The molecule has 3 rings (SSSR count). The van der Waals surface area contributed by atoms with E-state index in [4.69, 9.17) is 0 Å². The maximum absolute atomic E-state index is 12.7. The van der Waals surface area contributed by atoms with Crippen LogP contribution in [0.4, 0.5) is 5.69 Å². The summed E-state index contributed by atoms with van der Waals surface area (Å²) in [6, 6.07) is 13.0. The van der Waals surface area contributed by atoms with Crippen molar-refractivity contribution >= 4 is 29.3 Å². The van der Waals surface area contributed by atoms with Gasteiger partial charge in [-0.15, -0.1) is 10.2 Å². The Kier molecular flexibility index (Phi) is 7.69. The highest BCUT2D eigenvalue weighted by Crippen LogP contribution is 2.22. The van der Waals surface area contributed by atoms with Crippen LogP contribution < -0.4 is 10.6 Å². The lowest BCUT2D eigenvalue weighted by molar-refractivity contribution is -0.113. The van der Waals surface area contributed by atoms with Gasteiger partial charge < -0.3 is 15.2 Å². The average Bonchev–Trinajstić information content (AvgIpc) is 3.18. The van der Waals surface area contributed by atoms with Crippen molar-refractivity contribution in [3.05, 3.63) is 70.5 Å². The zero-order chi connectivity index (χ0) is 23.3. The number of rotatable bonds is 8. The predicted octanol–water partition coefficient (Wildman–Crippen LogP) is 4.45. The van der Waals surface area contributed by atoms with Crippen LogP contribution >= 0.6 is 11.8 Å². The Labute approximate surface area is 193 Å². The number of aromatic nitrogens is 3. The second kappa shape index (κ2) is 10.5. The quantitative estimate of drug-likeness (QED) is 0.494. The number of hydrogen-bond acceptors (Lipinski definition) is 5. The molecule has 0 aliphatic rings. The van der Waals surface area contributed by atoms with E-state index in [1.165, 1.54) is 17.3 Å². The monoisotopic (exact) mass is 451 g/mol. The minimum atomic E-state index is -0.326. The predicted molar refractivity (Wildman–Crippen MR) is 128 cm³/mol. The van der Waals surface area contributed by atoms with Gasteiger partial charge in [-0.1, -0.05) is 36.0 Å². The Morgan fingerprint density at radius 1 is 1.03 bits per heavy atom. The lowest BCUT2D eigenvalue weighted by atomic mass is 10.1. The highest BCUT2D eigenvalue weighted by Gasteiger charge is 2.20. The third-order valence-corrected chi connectivity index (χ3v) is 6.28. The first-order chi connectivity index (χ1) is 15.3. The summed E-state index contributed by atoms with van der Waals surface area (Å²) in [7, 11) is 0. The fourth-order valence-corrected chi connectivity index (χ4v) is 4.15. The van der Waals surface area contributed by atoms with E-state index in [1.54, 1.807) is 6.07 Å². The molecular weight excluding hydrogens is 422 g/mol. The SMILES string of the molecule is CCn1c(SCC(=O)Nc2ccc(C)c(C)c2)nnc1[C@@H](C)NC(=O)c1ccccc1C. The highest BCUT2D eigenvalue weighted by atomic mass is 32.2. The molecule has 0 unspecified atom stereocenters. The topological polar surface area (TPSA) is 88.9 Å². The van der Waals surface area contributed by atoms with Gasteiger partial charge in [0.1, 0.15) is 0 Å². The largest absolute Gasteiger partial charge is 0.342 e. The Morgan fingerprint density at radius 2 is 1.78 bits per heavy atom. The van der Waals surface area contributed by atoms with Gasteiger partial charge in [0.15, 0.2) is 11.0 Å². The highest BCUT2D eigenvalue weighted by molar-refractivity contribution is 7.99. The summed E-state index contributed by atoms with van der Waals surface area (Å²) < 4.78 is 1.93. The van der Waals surface area contributed by atoms with Gasteiger partial charge in [0.05, 0.1) is 11.8 Å². The van der Waals surface area contributed by atoms with Gasteiger partial charge >= 0.3 is 0 Å². The van der Waals surface area contributed by atoms with Gasteiger partial charge in [0, 0.05) is 17.8 Å². The number of benzene rings is 2. The third-order valence-electron chi connectivity index (χ3n) is 5.31. The molecule has 0 aliphatic carbocycles. The van der Waals surface area contributed by atoms with Crippen LogP contribution in [0.15, 0.2) is 47.6 Å². The summed E-state index contributed by atoms with van der Waals surface area (Å²) in [5, 5.41) is 15.1. The average molecular weight is 452 g/mol. The van der Waals surface area contributed by atoms with Gasteiger partial charge in [-0.2, -0.15) is 0 Å². The molecule has 0 aliphatic heterocycles. The van der Waals surface area contributed by atoms with Crippen LogP contribution in [0.5, 0.6) is 0 Å². The van der Waals surface area contributed by atoms with E-state index in [0.717, 1.165) is 16.8 Å². The van der Waals surface area contributed by atoms with E-state index in [0.29, 0.717) is 23.1 Å². The fourth-order valence-electron chi connectivity index (χ4n) is 3.34. The van der Waals surface area contributed by atoms with Crippen molar-refractivity contribution < 1.29 is 9.59 Å². The molecule has 1 atom stereocenters. The van der Waals surface area contributed by atoms with Crippen molar-refractivity contribution in [2.75, 3.05) is 11.1 Å². The minimum absolute atomic E-state index is 0.105. The molecule has 168 valence electrons. The second-order valence-electron chi connectivity index (χ2n) is 7.73. The maximum Gasteiger partial charge on any atom is 0.252 e. The molecule has 0 spiro atoms. The summed E-state index contributed by atoms with van der Waals surface area (Å²) in [5.74, 6) is 0.621. The molecule has 2 amide bonds. The van der Waals surface area contributed by atoms with E-state index in [-0.39, 0.29) is 23.6 Å². The number of amides is 2. The number of carbonyl (C=O) groups excluding carboxylic acids is 2. The first-order valence-electron chi connectivity index (χ1n) is 10.6. The first kappa shape index (κ1) is 23.5. The summed E-state index contributed by atoms with van der Waals surface area (Å²) >= 11 is 1.33. The van der Waals surface area contributed by atoms with Crippen LogP contribution in [-0.2, 0) is 11.3 Å². The summed E-state index contributed by atoms with van der Waals surface area (Å²) in [5.41, 5.74) is 4.65. The van der Waals surface area contributed by atoms with Gasteiger partial charge in [-0.25, -0.2) is 0 Å². The molecule has 3 aromatic rings. The molecule has 0 bridgehead atoms. The van der Waals surface area contributed by atoms with Crippen LogP contribution in [0.25, 0.3) is 0 Å². The molecule has 0 radical (unpaired) electrons. The van der Waals surface area contributed by atoms with Crippen LogP contribution in [0, 0.1) is 20.8 Å². The number of thioether (sulfide) groups is 1. The number of anilines is 1. The molecule has 0 saturated heterocycles. The molecule has 2 aromatic carbocycles. The van der Waals surface area contributed by atoms with E-state index in [2.05, 4.69) is 20.8 Å². The minimum Gasteiger partial charge on any atom is -0.342 e. The standard InChI is InChI=1S/C24H29N5O2S/c1-6-29-22(18(5)25-23(31)20-10-8-7-9-16(20)3)27-28-24(29)32-14-21(30)26-19-12-11-15(2)17(4)13-19/h7-13,18H,6,14H2,1-5H3,(H,25,31)(H,26,30)/t18-/m1/s1. The molecule has 8 heteroatoms. The molecular formula is C24H29N5O2S. The van der Waals surface area contributed by atoms with Crippen LogP contribution in [0.3, 0.4) is 0 Å². The Morgan fingerprint density at radius 3 is 2.47 bits per heavy atom. The molecule has 1 aromatic heterocycles. The number of nitrogens with one attached hydrogen (secondary N) is 2. The van der Waals surface area contributed by atoms with E-state index >= 15 is 0 Å². The van der Waals surface area contributed by atoms with Crippen molar-refractivity contribution in [2.45, 2.75) is 52.4 Å². The summed E-state index contributed by atoms with van der Waals surface area (Å²) in [6.45, 7) is 10.5. The van der Waals surface area contributed by atoms with E-state index in [1.807, 2.05) is 75.6 Å². The number of nitrogens with zero attached hydrogens (tertiary/aromatic N) is 3. The van der Waals surface area contributed by atoms with Crippen LogP contribution in [0.2, 0.25) is 0 Å². The van der Waals surface area contributed by atoms with Gasteiger partial charge in [-0.3, -0.25) is 9.59 Å². The lowest BCUT2D eigenvalue weighted by Gasteiger charge is -2.16. The van der Waals surface area contributed by atoms with Crippen molar-refractivity contribution in [3.8, 4) is 0 Å². The number of hydrogen-bond donors (Lipinski definition) is 2. The number of carbonyl (C=O) groups is 2. The summed E-state index contributed by atoms with van der Waals surface area (Å²) in [4.78, 5) is 25.1. The Balaban J connectivity index is 1.63. The molecule has 7 nitrogen and oxygen atoms in total. The van der Waals surface area contributed by atoms with Crippen molar-refractivity contribution in [3.63, 3.8) is 0 Å². The lowest BCUT2D eigenvalue weighted by Crippen LogP contribution is -2.29. The molecule has 1 heterocycles. The number of aryl methyl sites for hydroxylation is 3. The van der Waals surface area contributed by atoms with E-state index in [9.17, 15) is 9.59 Å². The Hall–Kier alpha value is -3.13. The normalized spacial score (nSPS) is 11.8. The Bertz CT molecular complexity index is 1130. The van der Waals surface area contributed by atoms with Crippen LogP contribution in [0.1, 0.15) is 52.8 Å². The van der Waals surface area contributed by atoms with Gasteiger partial charge in [-0.05, 0) is 69.5 Å². The smallest absolute Gasteiger partial charge is 0.252 e.